The zero-order chi connectivity index (χ0) is 22.4. The van der Waals surface area contributed by atoms with E-state index < -0.39 is 10.0 Å². The molecule has 0 spiro atoms. The Labute approximate surface area is 190 Å². The van der Waals surface area contributed by atoms with Crippen molar-refractivity contribution < 1.29 is 13.2 Å². The summed E-state index contributed by atoms with van der Waals surface area (Å²) < 4.78 is 28.0. The molecule has 1 fully saturated rings. The summed E-state index contributed by atoms with van der Waals surface area (Å²) in [6.07, 6.45) is 4.51. The Hall–Kier alpha value is -1.89. The van der Waals surface area contributed by atoms with Gasteiger partial charge in [0.25, 0.3) is 5.91 Å². The molecule has 0 unspecified atom stereocenters. The molecule has 2 aromatic carbocycles. The molecule has 1 saturated heterocycles. The Morgan fingerprint density at radius 1 is 1.03 bits per heavy atom. The Kier molecular flexibility index (Phi) is 8.14. The molecule has 168 valence electrons. The third-order valence-corrected chi connectivity index (χ3v) is 7.97. The van der Waals surface area contributed by atoms with E-state index in [0.29, 0.717) is 24.6 Å². The molecule has 2 aromatic rings. The van der Waals surface area contributed by atoms with Crippen molar-refractivity contribution in [3.05, 3.63) is 64.7 Å². The third-order valence-electron chi connectivity index (χ3n) is 5.59. The SMILES string of the molecule is CC(C)C[C@@H](NC(=O)c1ccc(Cl)c(S(=O)(=O)N2CCCCCC2)c1)c1ccccc1. The van der Waals surface area contributed by atoms with Crippen LogP contribution in [0.25, 0.3) is 0 Å². The monoisotopic (exact) mass is 462 g/mol. The van der Waals surface area contributed by atoms with Crippen LogP contribution in [0.2, 0.25) is 5.02 Å². The zero-order valence-corrected chi connectivity index (χ0v) is 19.8. The average molecular weight is 463 g/mol. The van der Waals surface area contributed by atoms with E-state index in [1.807, 2.05) is 30.3 Å². The van der Waals surface area contributed by atoms with Gasteiger partial charge in [-0.2, -0.15) is 4.31 Å². The van der Waals surface area contributed by atoms with E-state index >= 15 is 0 Å². The molecule has 0 aliphatic carbocycles. The van der Waals surface area contributed by atoms with E-state index in [0.717, 1.165) is 37.7 Å². The van der Waals surface area contributed by atoms with Crippen LogP contribution in [0.3, 0.4) is 0 Å². The van der Waals surface area contributed by atoms with Crippen LogP contribution in [0.4, 0.5) is 0 Å². The van der Waals surface area contributed by atoms with E-state index in [4.69, 9.17) is 11.6 Å². The van der Waals surface area contributed by atoms with Crippen LogP contribution in [0.1, 0.15) is 67.9 Å². The Bertz CT molecular complexity index is 985. The molecule has 1 atom stereocenters. The second-order valence-electron chi connectivity index (χ2n) is 8.53. The van der Waals surface area contributed by atoms with Crippen LogP contribution in [-0.2, 0) is 10.0 Å². The summed E-state index contributed by atoms with van der Waals surface area (Å²) in [5.74, 6) is 0.0770. The van der Waals surface area contributed by atoms with E-state index in [9.17, 15) is 13.2 Å². The predicted molar refractivity (Wildman–Crippen MR) is 125 cm³/mol. The maximum atomic E-state index is 13.2. The van der Waals surface area contributed by atoms with Crippen LogP contribution < -0.4 is 5.32 Å². The maximum Gasteiger partial charge on any atom is 0.251 e. The smallest absolute Gasteiger partial charge is 0.251 e. The van der Waals surface area contributed by atoms with Gasteiger partial charge in [0.15, 0.2) is 0 Å². The summed E-state index contributed by atoms with van der Waals surface area (Å²) in [7, 11) is -3.75. The molecular formula is C24H31ClN2O3S. The number of benzene rings is 2. The molecule has 7 heteroatoms. The molecule has 1 amide bonds. The van der Waals surface area contributed by atoms with E-state index in [1.54, 1.807) is 6.07 Å². The molecule has 1 aliphatic heterocycles. The van der Waals surface area contributed by atoms with Crippen LogP contribution in [0.5, 0.6) is 0 Å². The van der Waals surface area contributed by atoms with Gasteiger partial charge >= 0.3 is 0 Å². The lowest BCUT2D eigenvalue weighted by Gasteiger charge is -2.22. The first-order valence-corrected chi connectivity index (χ1v) is 12.8. The lowest BCUT2D eigenvalue weighted by atomic mass is 9.96. The summed E-state index contributed by atoms with van der Waals surface area (Å²) in [5, 5.41) is 3.22. The number of rotatable bonds is 7. The number of nitrogens with zero attached hydrogens (tertiary/aromatic N) is 1. The minimum atomic E-state index is -3.75. The zero-order valence-electron chi connectivity index (χ0n) is 18.2. The van der Waals surface area contributed by atoms with Gasteiger partial charge in [0.05, 0.1) is 11.1 Å². The Morgan fingerprint density at radius 3 is 2.29 bits per heavy atom. The van der Waals surface area contributed by atoms with Gasteiger partial charge in [0.2, 0.25) is 10.0 Å². The van der Waals surface area contributed by atoms with Crippen LogP contribution in [-0.4, -0.2) is 31.7 Å². The number of nitrogens with one attached hydrogen (secondary N) is 1. The number of hydrogen-bond donors (Lipinski definition) is 1. The second kappa shape index (κ2) is 10.6. The van der Waals surface area contributed by atoms with Crippen molar-refractivity contribution in [1.29, 1.82) is 0 Å². The highest BCUT2D eigenvalue weighted by Gasteiger charge is 2.28. The summed E-state index contributed by atoms with van der Waals surface area (Å²) in [4.78, 5) is 13.1. The quantitative estimate of drug-likeness (QED) is 0.597. The standard InChI is InChI=1S/C24H31ClN2O3S/c1-18(2)16-22(19-10-6-5-7-11-19)26-24(28)20-12-13-21(25)23(17-20)31(29,30)27-14-8-3-4-9-15-27/h5-7,10-13,17-18,22H,3-4,8-9,14-16H2,1-2H3,(H,26,28)/t22-/m1/s1. The highest BCUT2D eigenvalue weighted by molar-refractivity contribution is 7.89. The number of carbonyl (C=O) groups excluding carboxylic acids is 1. The minimum Gasteiger partial charge on any atom is -0.345 e. The van der Waals surface area contributed by atoms with Gasteiger partial charge in [-0.25, -0.2) is 8.42 Å². The van der Waals surface area contributed by atoms with Gasteiger partial charge in [0.1, 0.15) is 4.90 Å². The Morgan fingerprint density at radius 2 is 1.68 bits per heavy atom. The second-order valence-corrected chi connectivity index (χ2v) is 10.8. The van der Waals surface area contributed by atoms with E-state index in [1.165, 1.54) is 16.4 Å². The van der Waals surface area contributed by atoms with Crippen molar-refractivity contribution in [3.8, 4) is 0 Å². The molecule has 3 rings (SSSR count). The fourth-order valence-electron chi connectivity index (χ4n) is 3.94. The van der Waals surface area contributed by atoms with Gasteiger partial charge in [-0.15, -0.1) is 0 Å². The molecule has 0 bridgehead atoms. The number of sulfonamides is 1. The van der Waals surface area contributed by atoms with Crippen LogP contribution >= 0.6 is 11.6 Å². The third kappa shape index (κ3) is 6.09. The molecule has 5 nitrogen and oxygen atoms in total. The summed E-state index contributed by atoms with van der Waals surface area (Å²) in [6, 6.07) is 14.2. The average Bonchev–Trinajstić information content (AvgIpc) is 3.04. The lowest BCUT2D eigenvalue weighted by molar-refractivity contribution is 0.0931. The van der Waals surface area contributed by atoms with Gasteiger partial charge in [-0.05, 0) is 48.9 Å². The first-order valence-electron chi connectivity index (χ1n) is 10.9. The summed E-state index contributed by atoms with van der Waals surface area (Å²) in [5.41, 5.74) is 1.32. The van der Waals surface area contributed by atoms with Crippen LogP contribution in [0, 0.1) is 5.92 Å². The van der Waals surface area contributed by atoms with Gasteiger partial charge in [0, 0.05) is 18.7 Å². The number of halogens is 1. The highest BCUT2D eigenvalue weighted by Crippen LogP contribution is 2.28. The molecular weight excluding hydrogens is 432 g/mol. The molecule has 0 saturated carbocycles. The molecule has 1 aliphatic rings. The number of carbonyl (C=O) groups is 1. The largest absolute Gasteiger partial charge is 0.345 e. The van der Waals surface area contributed by atoms with Gasteiger partial charge in [-0.1, -0.05) is 68.6 Å². The van der Waals surface area contributed by atoms with Gasteiger partial charge < -0.3 is 5.32 Å². The number of hydrogen-bond acceptors (Lipinski definition) is 3. The first-order chi connectivity index (χ1) is 14.8. The number of amides is 1. The predicted octanol–water partition coefficient (Wildman–Crippen LogP) is 5.42. The van der Waals surface area contributed by atoms with Crippen molar-refractivity contribution in [2.45, 2.75) is 56.9 Å². The van der Waals surface area contributed by atoms with Crippen molar-refractivity contribution in [3.63, 3.8) is 0 Å². The van der Waals surface area contributed by atoms with Crippen molar-refractivity contribution in [1.82, 2.24) is 9.62 Å². The van der Waals surface area contributed by atoms with Crippen molar-refractivity contribution in [2.75, 3.05) is 13.1 Å². The molecule has 1 N–H and O–H groups in total. The molecule has 0 radical (unpaired) electrons. The van der Waals surface area contributed by atoms with Gasteiger partial charge in [-0.3, -0.25) is 4.79 Å². The maximum absolute atomic E-state index is 13.2. The topological polar surface area (TPSA) is 66.5 Å². The minimum absolute atomic E-state index is 0.00355. The molecule has 0 aromatic heterocycles. The van der Waals surface area contributed by atoms with Crippen LogP contribution in [0.15, 0.2) is 53.4 Å². The fourth-order valence-corrected chi connectivity index (χ4v) is 5.96. The Balaban J connectivity index is 1.86. The fraction of sp³-hybridized carbons (Fsp3) is 0.458. The summed E-state index contributed by atoms with van der Waals surface area (Å²) in [6.45, 7) is 5.19. The first kappa shape index (κ1) is 23.8. The molecule has 1 heterocycles. The molecule has 31 heavy (non-hydrogen) atoms. The normalized spacial score (nSPS) is 16.6. The van der Waals surface area contributed by atoms with Crippen molar-refractivity contribution in [2.24, 2.45) is 5.92 Å². The van der Waals surface area contributed by atoms with E-state index in [2.05, 4.69) is 19.2 Å². The van der Waals surface area contributed by atoms with Crippen molar-refractivity contribution >= 4 is 27.5 Å². The lowest BCUT2D eigenvalue weighted by Crippen LogP contribution is -2.33. The highest BCUT2D eigenvalue weighted by atomic mass is 35.5. The summed E-state index contributed by atoms with van der Waals surface area (Å²) >= 11 is 6.28. The van der Waals surface area contributed by atoms with E-state index in [-0.39, 0.29) is 21.9 Å².